The molecule has 0 aliphatic carbocycles. The fourth-order valence-corrected chi connectivity index (χ4v) is 0.926. The van der Waals surface area contributed by atoms with Crippen LogP contribution in [0.15, 0.2) is 0 Å². The van der Waals surface area contributed by atoms with E-state index in [1.165, 1.54) is 0 Å². The van der Waals surface area contributed by atoms with Crippen molar-refractivity contribution in [2.45, 2.75) is 6.04 Å². The van der Waals surface area contributed by atoms with E-state index in [1.54, 1.807) is 7.05 Å². The Hall–Kier alpha value is -1.10. The molecule has 0 aromatic carbocycles. The van der Waals surface area contributed by atoms with Gasteiger partial charge in [0.1, 0.15) is 6.04 Å². The fourth-order valence-electron chi connectivity index (χ4n) is 0.926. The van der Waals surface area contributed by atoms with E-state index in [-0.39, 0.29) is 24.4 Å². The lowest BCUT2D eigenvalue weighted by Crippen LogP contribution is -2.57. The van der Waals surface area contributed by atoms with Gasteiger partial charge in [0.25, 0.3) is 0 Å². The van der Waals surface area contributed by atoms with Gasteiger partial charge in [-0.1, -0.05) is 0 Å². The Balaban J connectivity index is 2.39. The molecule has 1 aliphatic rings. The van der Waals surface area contributed by atoms with Crippen molar-refractivity contribution in [1.82, 2.24) is 16.0 Å². The molecule has 0 unspecified atom stereocenters. The summed E-state index contributed by atoms with van der Waals surface area (Å²) < 4.78 is 0. The number of carbonyl (C=O) groups excluding carboxylic acids is 2. The van der Waals surface area contributed by atoms with E-state index >= 15 is 0 Å². The summed E-state index contributed by atoms with van der Waals surface area (Å²) in [7, 11) is 1.57. The minimum atomic E-state index is -0.280. The maximum atomic E-state index is 10.9. The molecule has 0 saturated carbocycles. The monoisotopic (exact) mass is 157 g/mol. The summed E-state index contributed by atoms with van der Waals surface area (Å²) >= 11 is 0. The molecule has 0 spiro atoms. The summed E-state index contributed by atoms with van der Waals surface area (Å²) in [6.07, 6.45) is 0. The average molecular weight is 157 g/mol. The van der Waals surface area contributed by atoms with E-state index in [9.17, 15) is 9.59 Å². The molecule has 0 aromatic rings. The van der Waals surface area contributed by atoms with Crippen LogP contribution in [0.2, 0.25) is 0 Å². The predicted molar refractivity (Wildman–Crippen MR) is 38.9 cm³/mol. The van der Waals surface area contributed by atoms with Crippen molar-refractivity contribution in [3.8, 4) is 0 Å². The second-order valence-electron chi connectivity index (χ2n) is 2.35. The summed E-state index contributed by atoms with van der Waals surface area (Å²) in [5, 5.41) is 7.88. The van der Waals surface area contributed by atoms with Crippen molar-refractivity contribution in [3.63, 3.8) is 0 Å². The first kappa shape index (κ1) is 8.00. The van der Waals surface area contributed by atoms with Gasteiger partial charge in [-0.05, 0) is 0 Å². The van der Waals surface area contributed by atoms with Gasteiger partial charge in [0, 0.05) is 13.6 Å². The average Bonchev–Trinajstić information content (AvgIpc) is 2.05. The van der Waals surface area contributed by atoms with Crippen molar-refractivity contribution in [2.75, 3.05) is 20.1 Å². The highest BCUT2D eigenvalue weighted by atomic mass is 16.2. The number of hydrogen-bond acceptors (Lipinski definition) is 3. The maximum Gasteiger partial charge on any atom is 0.238 e. The van der Waals surface area contributed by atoms with E-state index in [1.807, 2.05) is 0 Å². The van der Waals surface area contributed by atoms with Crippen LogP contribution >= 0.6 is 0 Å². The molecule has 0 radical (unpaired) electrons. The molecular formula is C6H11N3O2. The highest BCUT2D eigenvalue weighted by Gasteiger charge is 2.22. The van der Waals surface area contributed by atoms with Gasteiger partial charge in [-0.3, -0.25) is 14.9 Å². The summed E-state index contributed by atoms with van der Waals surface area (Å²) in [6, 6.07) is -0.280. The topological polar surface area (TPSA) is 70.2 Å². The Morgan fingerprint density at radius 1 is 1.73 bits per heavy atom. The molecule has 0 bridgehead atoms. The Morgan fingerprint density at radius 2 is 2.45 bits per heavy atom. The SMILES string of the molecule is CNC(=O)[C@H]1CNC(=O)CN1. The van der Waals surface area contributed by atoms with E-state index in [0.717, 1.165) is 0 Å². The van der Waals surface area contributed by atoms with Gasteiger partial charge in [-0.2, -0.15) is 0 Å². The third-order valence-electron chi connectivity index (χ3n) is 1.58. The molecule has 1 saturated heterocycles. The minimum absolute atomic E-state index is 0.0647. The van der Waals surface area contributed by atoms with Crippen LogP contribution in [0.3, 0.4) is 0 Å². The lowest BCUT2D eigenvalue weighted by molar-refractivity contribution is -0.126. The third-order valence-corrected chi connectivity index (χ3v) is 1.58. The van der Waals surface area contributed by atoms with Crippen LogP contribution in [0.1, 0.15) is 0 Å². The number of likely N-dealkylation sites (N-methyl/N-ethyl adjacent to an activating group) is 1. The van der Waals surface area contributed by atoms with Gasteiger partial charge in [0.05, 0.1) is 6.54 Å². The summed E-state index contributed by atoms with van der Waals surface area (Å²) in [5.41, 5.74) is 0. The summed E-state index contributed by atoms with van der Waals surface area (Å²) in [6.45, 7) is 0.594. The lowest BCUT2D eigenvalue weighted by Gasteiger charge is -2.22. The molecule has 1 atom stereocenters. The Kier molecular flexibility index (Phi) is 2.43. The van der Waals surface area contributed by atoms with Crippen molar-refractivity contribution in [1.29, 1.82) is 0 Å². The van der Waals surface area contributed by atoms with Crippen LogP contribution in [-0.2, 0) is 9.59 Å². The predicted octanol–water partition coefficient (Wildman–Crippen LogP) is -2.18. The van der Waals surface area contributed by atoms with Gasteiger partial charge in [-0.25, -0.2) is 0 Å². The highest BCUT2D eigenvalue weighted by molar-refractivity contribution is 5.86. The van der Waals surface area contributed by atoms with Crippen LogP contribution in [0, 0.1) is 0 Å². The number of carbonyl (C=O) groups is 2. The smallest absolute Gasteiger partial charge is 0.238 e. The molecule has 1 rings (SSSR count). The molecule has 5 nitrogen and oxygen atoms in total. The maximum absolute atomic E-state index is 10.9. The molecule has 62 valence electrons. The van der Waals surface area contributed by atoms with Crippen LogP contribution in [0.25, 0.3) is 0 Å². The van der Waals surface area contributed by atoms with Crippen molar-refractivity contribution >= 4 is 11.8 Å². The first-order chi connectivity index (χ1) is 5.24. The van der Waals surface area contributed by atoms with Gasteiger partial charge in [0.15, 0.2) is 0 Å². The number of hydrogen-bond donors (Lipinski definition) is 3. The van der Waals surface area contributed by atoms with E-state index in [0.29, 0.717) is 6.54 Å². The second-order valence-corrected chi connectivity index (χ2v) is 2.35. The molecule has 11 heavy (non-hydrogen) atoms. The van der Waals surface area contributed by atoms with Crippen LogP contribution in [0.4, 0.5) is 0 Å². The third kappa shape index (κ3) is 1.91. The minimum Gasteiger partial charge on any atom is -0.358 e. The van der Waals surface area contributed by atoms with Crippen molar-refractivity contribution in [2.24, 2.45) is 0 Å². The van der Waals surface area contributed by atoms with Crippen molar-refractivity contribution < 1.29 is 9.59 Å². The highest BCUT2D eigenvalue weighted by Crippen LogP contribution is 1.86. The molecule has 1 heterocycles. The normalized spacial score (nSPS) is 24.1. The standard InChI is InChI=1S/C6H11N3O2/c1-7-6(11)4-2-9-5(10)3-8-4/h4,8H,2-3H2,1H3,(H,7,11)(H,9,10)/t4-/m1/s1. The Morgan fingerprint density at radius 3 is 2.91 bits per heavy atom. The zero-order valence-corrected chi connectivity index (χ0v) is 6.31. The van der Waals surface area contributed by atoms with Gasteiger partial charge >= 0.3 is 0 Å². The largest absolute Gasteiger partial charge is 0.358 e. The molecule has 3 N–H and O–H groups in total. The van der Waals surface area contributed by atoms with Crippen LogP contribution in [-0.4, -0.2) is 38.0 Å². The summed E-state index contributed by atoms with van der Waals surface area (Å²) in [5.74, 6) is -0.157. The fraction of sp³-hybridized carbons (Fsp3) is 0.667. The van der Waals surface area contributed by atoms with Gasteiger partial charge < -0.3 is 10.6 Å². The van der Waals surface area contributed by atoms with Gasteiger partial charge in [-0.15, -0.1) is 0 Å². The number of rotatable bonds is 1. The van der Waals surface area contributed by atoms with Crippen molar-refractivity contribution in [3.05, 3.63) is 0 Å². The van der Waals surface area contributed by atoms with Gasteiger partial charge in [0.2, 0.25) is 11.8 Å². The lowest BCUT2D eigenvalue weighted by atomic mass is 10.2. The van der Waals surface area contributed by atoms with E-state index in [4.69, 9.17) is 0 Å². The number of piperazine rings is 1. The quantitative estimate of drug-likeness (QED) is 0.405. The first-order valence-corrected chi connectivity index (χ1v) is 3.45. The first-order valence-electron chi connectivity index (χ1n) is 3.45. The Bertz CT molecular complexity index is 171. The summed E-state index contributed by atoms with van der Waals surface area (Å²) in [4.78, 5) is 21.6. The second kappa shape index (κ2) is 3.34. The zero-order chi connectivity index (χ0) is 8.27. The zero-order valence-electron chi connectivity index (χ0n) is 6.31. The van der Waals surface area contributed by atoms with E-state index < -0.39 is 0 Å². The molecular weight excluding hydrogens is 146 g/mol. The number of amides is 2. The Labute approximate surface area is 64.5 Å². The van der Waals surface area contributed by atoms with E-state index in [2.05, 4.69) is 16.0 Å². The number of nitrogens with one attached hydrogen (secondary N) is 3. The van der Waals surface area contributed by atoms with Crippen LogP contribution in [0.5, 0.6) is 0 Å². The molecule has 1 fully saturated rings. The molecule has 1 aliphatic heterocycles. The molecule has 2 amide bonds. The molecule has 0 aromatic heterocycles. The molecule has 5 heteroatoms. The van der Waals surface area contributed by atoms with Crippen LogP contribution < -0.4 is 16.0 Å².